The van der Waals surface area contributed by atoms with Crippen LogP contribution in [0.2, 0.25) is 0 Å². The molecule has 0 radical (unpaired) electrons. The van der Waals surface area contributed by atoms with Gasteiger partial charge in [-0.3, -0.25) is 14.8 Å². The van der Waals surface area contributed by atoms with Crippen LogP contribution < -0.4 is 10.5 Å². The number of halogens is 2. The predicted octanol–water partition coefficient (Wildman–Crippen LogP) is 3.11. The maximum atomic E-state index is 12.9. The summed E-state index contributed by atoms with van der Waals surface area (Å²) in [7, 11) is 3.35. The van der Waals surface area contributed by atoms with Crippen LogP contribution >= 0.6 is 0 Å². The SMILES string of the molecule is CN(c1c(C#N)c(=O)n(C)c2ccc(C#N)nc12)C1CCC(C(=NOC(F)F)c2cnccn2)CC1. The number of rotatable bonds is 6. The van der Waals surface area contributed by atoms with Crippen molar-refractivity contribution in [2.45, 2.75) is 38.3 Å². The Labute approximate surface area is 205 Å². The largest absolute Gasteiger partial charge is 0.407 e. The Hall–Kier alpha value is -4.45. The lowest BCUT2D eigenvalue weighted by Crippen LogP contribution is -2.39. The molecule has 4 rings (SSSR count). The number of fused-ring (bicyclic) bond motifs is 1. The van der Waals surface area contributed by atoms with Gasteiger partial charge < -0.3 is 14.3 Å². The fraction of sp³-hybridized carbons (Fsp3) is 0.375. The third-order valence-electron chi connectivity index (χ3n) is 6.48. The van der Waals surface area contributed by atoms with Gasteiger partial charge in [-0.25, -0.2) is 4.98 Å². The van der Waals surface area contributed by atoms with Crippen LogP contribution in [-0.4, -0.2) is 44.9 Å². The molecule has 1 aliphatic rings. The number of aryl methyl sites for hydroxylation is 1. The number of anilines is 1. The lowest BCUT2D eigenvalue weighted by atomic mass is 9.81. The molecule has 0 saturated heterocycles. The van der Waals surface area contributed by atoms with Gasteiger partial charge in [0.2, 0.25) is 0 Å². The van der Waals surface area contributed by atoms with Crippen molar-refractivity contribution >= 4 is 22.4 Å². The third-order valence-corrected chi connectivity index (χ3v) is 6.48. The fourth-order valence-corrected chi connectivity index (χ4v) is 4.68. The third kappa shape index (κ3) is 4.70. The molecule has 184 valence electrons. The lowest BCUT2D eigenvalue weighted by molar-refractivity contribution is -0.128. The Bertz CT molecular complexity index is 1430. The highest BCUT2D eigenvalue weighted by molar-refractivity contribution is 6.00. The topological polar surface area (TPSA) is 133 Å². The van der Waals surface area contributed by atoms with Crippen molar-refractivity contribution in [1.29, 1.82) is 10.5 Å². The van der Waals surface area contributed by atoms with E-state index in [2.05, 4.69) is 24.9 Å². The van der Waals surface area contributed by atoms with Crippen molar-refractivity contribution in [2.75, 3.05) is 11.9 Å². The Morgan fingerprint density at radius 2 is 1.97 bits per heavy atom. The van der Waals surface area contributed by atoms with Crippen LogP contribution in [0.15, 0.2) is 40.7 Å². The maximum Gasteiger partial charge on any atom is 0.407 e. The van der Waals surface area contributed by atoms with E-state index in [9.17, 15) is 24.1 Å². The summed E-state index contributed by atoms with van der Waals surface area (Å²) >= 11 is 0. The van der Waals surface area contributed by atoms with Gasteiger partial charge in [0.15, 0.2) is 0 Å². The first-order valence-electron chi connectivity index (χ1n) is 11.2. The molecular weight excluding hydrogens is 470 g/mol. The molecule has 12 heteroatoms. The van der Waals surface area contributed by atoms with Crippen LogP contribution in [-0.2, 0) is 11.9 Å². The maximum absolute atomic E-state index is 12.9. The molecule has 3 aromatic heterocycles. The smallest absolute Gasteiger partial charge is 0.369 e. The molecule has 0 amide bonds. The highest BCUT2D eigenvalue weighted by Gasteiger charge is 2.31. The summed E-state index contributed by atoms with van der Waals surface area (Å²) in [5.74, 6) is -0.191. The average Bonchev–Trinajstić information content (AvgIpc) is 2.90. The van der Waals surface area contributed by atoms with Crippen LogP contribution in [0, 0.1) is 28.6 Å². The zero-order valence-corrected chi connectivity index (χ0v) is 19.6. The number of nitriles is 2. The Morgan fingerprint density at radius 3 is 2.58 bits per heavy atom. The summed E-state index contributed by atoms with van der Waals surface area (Å²) in [5.41, 5.74) is 1.62. The normalized spacial score (nSPS) is 18.0. The van der Waals surface area contributed by atoms with E-state index < -0.39 is 12.2 Å². The summed E-state index contributed by atoms with van der Waals surface area (Å²) in [6.07, 6.45) is 6.79. The summed E-state index contributed by atoms with van der Waals surface area (Å²) in [4.78, 5) is 31.6. The molecule has 10 nitrogen and oxygen atoms in total. The fourth-order valence-electron chi connectivity index (χ4n) is 4.68. The molecule has 1 aliphatic carbocycles. The van der Waals surface area contributed by atoms with Crippen molar-refractivity contribution in [3.05, 3.63) is 58.0 Å². The zero-order chi connectivity index (χ0) is 25.8. The minimum absolute atomic E-state index is 0.0515. The number of nitrogens with zero attached hydrogens (tertiary/aromatic N) is 8. The molecule has 1 fully saturated rings. The van der Waals surface area contributed by atoms with E-state index in [0.717, 1.165) is 0 Å². The van der Waals surface area contributed by atoms with Gasteiger partial charge in [0, 0.05) is 38.4 Å². The standard InChI is InChI=1S/C24H22F2N8O2/c1-33(22-17(12-28)23(35)34(2)19-8-5-15(11-27)31-21(19)22)16-6-3-14(4-7-16)20(32-36-24(25)26)18-13-29-9-10-30-18/h5,8-10,13-14,16,24H,3-4,6-7H2,1-2H3. The van der Waals surface area contributed by atoms with Crippen LogP contribution in [0.25, 0.3) is 11.0 Å². The van der Waals surface area contributed by atoms with Crippen LogP contribution in [0.1, 0.15) is 42.6 Å². The molecule has 0 bridgehead atoms. The molecule has 0 aromatic carbocycles. The van der Waals surface area contributed by atoms with E-state index in [1.807, 2.05) is 17.0 Å². The van der Waals surface area contributed by atoms with Crippen molar-refractivity contribution < 1.29 is 13.6 Å². The minimum atomic E-state index is -3.05. The molecule has 0 atom stereocenters. The van der Waals surface area contributed by atoms with Crippen molar-refractivity contribution in [3.8, 4) is 12.1 Å². The summed E-state index contributed by atoms with van der Waals surface area (Å²) in [5, 5.41) is 22.8. The highest BCUT2D eigenvalue weighted by Crippen LogP contribution is 2.35. The minimum Gasteiger partial charge on any atom is -0.369 e. The average molecular weight is 492 g/mol. The molecule has 0 aliphatic heterocycles. The molecule has 1 saturated carbocycles. The molecule has 3 heterocycles. The van der Waals surface area contributed by atoms with Gasteiger partial charge in [-0.1, -0.05) is 5.16 Å². The summed E-state index contributed by atoms with van der Waals surface area (Å²) in [6, 6.07) is 7.11. The number of alkyl halides is 2. The van der Waals surface area contributed by atoms with Crippen LogP contribution in [0.3, 0.4) is 0 Å². The first-order chi connectivity index (χ1) is 17.3. The van der Waals surface area contributed by atoms with Gasteiger partial charge >= 0.3 is 6.61 Å². The first kappa shape index (κ1) is 24.7. The van der Waals surface area contributed by atoms with Gasteiger partial charge in [0.25, 0.3) is 5.56 Å². The Balaban J connectivity index is 1.65. The molecule has 0 N–H and O–H groups in total. The Morgan fingerprint density at radius 1 is 1.22 bits per heavy atom. The van der Waals surface area contributed by atoms with Gasteiger partial charge in [-0.15, -0.1) is 0 Å². The van der Waals surface area contributed by atoms with Crippen molar-refractivity contribution in [1.82, 2.24) is 19.5 Å². The molecule has 36 heavy (non-hydrogen) atoms. The van der Waals surface area contributed by atoms with E-state index in [1.54, 1.807) is 20.2 Å². The van der Waals surface area contributed by atoms with E-state index in [0.29, 0.717) is 53.8 Å². The number of aromatic nitrogens is 4. The second-order valence-electron chi connectivity index (χ2n) is 8.43. The highest BCUT2D eigenvalue weighted by atomic mass is 19.3. The van der Waals surface area contributed by atoms with Gasteiger partial charge in [-0.05, 0) is 37.8 Å². The zero-order valence-electron chi connectivity index (χ0n) is 19.6. The Kier molecular flexibility index (Phi) is 7.15. The van der Waals surface area contributed by atoms with Crippen LogP contribution in [0.4, 0.5) is 14.5 Å². The van der Waals surface area contributed by atoms with Gasteiger partial charge in [0.05, 0.1) is 17.4 Å². The van der Waals surface area contributed by atoms with Gasteiger partial charge in [0.1, 0.15) is 40.3 Å². The molecule has 0 spiro atoms. The number of oxime groups is 1. The van der Waals surface area contributed by atoms with Gasteiger partial charge in [-0.2, -0.15) is 19.3 Å². The van der Waals surface area contributed by atoms with Crippen molar-refractivity contribution in [2.24, 2.45) is 18.1 Å². The van der Waals surface area contributed by atoms with E-state index in [-0.39, 0.29) is 23.2 Å². The van der Waals surface area contributed by atoms with E-state index in [4.69, 9.17) is 0 Å². The second kappa shape index (κ2) is 10.4. The predicted molar refractivity (Wildman–Crippen MR) is 126 cm³/mol. The molecule has 0 unspecified atom stereocenters. The monoisotopic (exact) mass is 492 g/mol. The summed E-state index contributed by atoms with van der Waals surface area (Å²) < 4.78 is 26.7. The molecule has 3 aromatic rings. The van der Waals surface area contributed by atoms with Crippen molar-refractivity contribution in [3.63, 3.8) is 0 Å². The lowest BCUT2D eigenvalue weighted by Gasteiger charge is -2.36. The second-order valence-corrected chi connectivity index (χ2v) is 8.43. The van der Waals surface area contributed by atoms with E-state index in [1.165, 1.54) is 29.2 Å². The van der Waals surface area contributed by atoms with E-state index >= 15 is 0 Å². The first-order valence-corrected chi connectivity index (χ1v) is 11.2. The van der Waals surface area contributed by atoms with Crippen LogP contribution in [0.5, 0.6) is 0 Å². The number of hydrogen-bond donors (Lipinski definition) is 0. The quantitative estimate of drug-likeness (QED) is 0.379. The number of hydrogen-bond acceptors (Lipinski definition) is 9. The summed E-state index contributed by atoms with van der Waals surface area (Å²) in [6.45, 7) is -3.05. The number of pyridine rings is 2. The molecular formula is C24H22F2N8O2.